The molecule has 4 aromatic heterocycles. The van der Waals surface area contributed by atoms with Gasteiger partial charge in [-0.2, -0.15) is 5.10 Å². The molecule has 0 saturated heterocycles. The Kier molecular flexibility index (Phi) is 5.03. The Labute approximate surface area is 193 Å². The number of fused-ring (bicyclic) bond motifs is 2. The van der Waals surface area contributed by atoms with Crippen LogP contribution in [0.4, 0.5) is 0 Å². The molecule has 33 heavy (non-hydrogen) atoms. The average molecular weight is 461 g/mol. The van der Waals surface area contributed by atoms with Gasteiger partial charge in [0.05, 0.1) is 23.6 Å². The van der Waals surface area contributed by atoms with Crippen molar-refractivity contribution in [3.05, 3.63) is 71.7 Å². The van der Waals surface area contributed by atoms with E-state index in [-0.39, 0.29) is 24.5 Å². The maximum Gasteiger partial charge on any atom is 0.281 e. The molecular weight excluding hydrogens is 440 g/mol. The molecule has 0 spiro atoms. The molecular formula is C24H20N4O4S. The van der Waals surface area contributed by atoms with Crippen molar-refractivity contribution >= 4 is 39.2 Å². The summed E-state index contributed by atoms with van der Waals surface area (Å²) < 4.78 is 17.1. The summed E-state index contributed by atoms with van der Waals surface area (Å²) in [6.45, 7) is -0.181. The molecule has 0 aromatic carbocycles. The minimum Gasteiger partial charge on any atom is -0.467 e. The van der Waals surface area contributed by atoms with Crippen molar-refractivity contribution in [2.45, 2.75) is 25.3 Å². The number of amides is 1. The minimum atomic E-state index is -0.307. The molecule has 2 atom stereocenters. The van der Waals surface area contributed by atoms with Gasteiger partial charge in [-0.25, -0.2) is 15.0 Å². The van der Waals surface area contributed by atoms with Crippen LogP contribution in [0.3, 0.4) is 0 Å². The number of hydrogen-bond acceptors (Lipinski definition) is 8. The lowest BCUT2D eigenvalue weighted by atomic mass is 9.79. The Hall–Kier alpha value is -3.72. The third kappa shape index (κ3) is 3.64. The van der Waals surface area contributed by atoms with Gasteiger partial charge in [0, 0.05) is 5.92 Å². The fraction of sp³-hybridized carbons (Fsp3) is 0.250. The Morgan fingerprint density at radius 3 is 2.97 bits per heavy atom. The van der Waals surface area contributed by atoms with Gasteiger partial charge in [-0.1, -0.05) is 0 Å². The van der Waals surface area contributed by atoms with E-state index in [2.05, 4.69) is 9.97 Å². The van der Waals surface area contributed by atoms with E-state index >= 15 is 0 Å². The zero-order chi connectivity index (χ0) is 22.2. The van der Waals surface area contributed by atoms with Gasteiger partial charge >= 0.3 is 0 Å². The molecule has 0 bridgehead atoms. The second-order valence-electron chi connectivity index (χ2n) is 7.97. The molecule has 1 aliphatic carbocycles. The number of furan rings is 2. The van der Waals surface area contributed by atoms with Crippen molar-refractivity contribution in [1.82, 2.24) is 15.0 Å². The Morgan fingerprint density at radius 1 is 1.21 bits per heavy atom. The maximum absolute atomic E-state index is 13.3. The van der Waals surface area contributed by atoms with Crippen molar-refractivity contribution < 1.29 is 18.4 Å². The first-order valence-electron chi connectivity index (χ1n) is 10.8. The smallest absolute Gasteiger partial charge is 0.281 e. The van der Waals surface area contributed by atoms with Crippen molar-refractivity contribution in [1.29, 1.82) is 0 Å². The Bertz CT molecular complexity index is 1340. The fourth-order valence-electron chi connectivity index (χ4n) is 4.57. The molecule has 8 nitrogen and oxygen atoms in total. The fourth-order valence-corrected chi connectivity index (χ4v) is 5.29. The highest BCUT2D eigenvalue weighted by atomic mass is 32.1. The van der Waals surface area contributed by atoms with Crippen LogP contribution in [0.25, 0.3) is 16.3 Å². The molecule has 1 fully saturated rings. The van der Waals surface area contributed by atoms with Crippen LogP contribution in [-0.2, 0) is 4.79 Å². The molecule has 1 saturated carbocycles. The second-order valence-corrected chi connectivity index (χ2v) is 8.87. The first-order valence-corrected chi connectivity index (χ1v) is 11.7. The summed E-state index contributed by atoms with van der Waals surface area (Å²) in [4.78, 5) is 22.6. The number of ether oxygens (including phenoxy) is 1. The normalized spacial score (nSPS) is 21.4. The van der Waals surface area contributed by atoms with E-state index in [1.54, 1.807) is 12.5 Å². The molecule has 4 aromatic rings. The second kappa shape index (κ2) is 8.32. The van der Waals surface area contributed by atoms with Crippen molar-refractivity contribution in [2.75, 3.05) is 6.61 Å². The van der Waals surface area contributed by atoms with Crippen LogP contribution in [-0.4, -0.2) is 33.2 Å². The van der Waals surface area contributed by atoms with Crippen LogP contribution in [0.1, 0.15) is 36.8 Å². The van der Waals surface area contributed by atoms with Gasteiger partial charge in [-0.15, -0.1) is 11.3 Å². The molecule has 166 valence electrons. The van der Waals surface area contributed by atoms with Crippen molar-refractivity contribution in [2.24, 2.45) is 11.0 Å². The molecule has 6 rings (SSSR count). The highest BCUT2D eigenvalue weighted by Gasteiger charge is 2.45. The summed E-state index contributed by atoms with van der Waals surface area (Å²) in [6, 6.07) is 9.09. The summed E-state index contributed by atoms with van der Waals surface area (Å²) in [7, 11) is 0. The standard InChI is InChI=1S/C24H20N4O4S/c29-20(13-32-23-18-8-11-33-24(18)26-14-25-23)28-22(19-7-3-10-31-19)17-6-1-4-15(21(17)27-28)12-16-5-2-9-30-16/h2-3,5,7-12,14,17,22H,1,4,6,13H2. The predicted molar refractivity (Wildman–Crippen MR) is 123 cm³/mol. The van der Waals surface area contributed by atoms with Crippen LogP contribution >= 0.6 is 11.3 Å². The van der Waals surface area contributed by atoms with Crippen LogP contribution in [0, 0.1) is 5.92 Å². The number of carbonyl (C=O) groups excluding carboxylic acids is 1. The van der Waals surface area contributed by atoms with E-state index in [0.29, 0.717) is 11.6 Å². The minimum absolute atomic E-state index is 0.0534. The molecule has 0 N–H and O–H groups in total. The third-order valence-electron chi connectivity index (χ3n) is 6.01. The van der Waals surface area contributed by atoms with Gasteiger partial charge in [0.25, 0.3) is 5.91 Å². The zero-order valence-electron chi connectivity index (χ0n) is 17.6. The number of rotatable bonds is 5. The Morgan fingerprint density at radius 2 is 2.12 bits per heavy atom. The number of nitrogens with zero attached hydrogens (tertiary/aromatic N) is 4. The van der Waals surface area contributed by atoms with Crippen molar-refractivity contribution in [3.8, 4) is 5.88 Å². The zero-order valence-corrected chi connectivity index (χ0v) is 18.4. The van der Waals surface area contributed by atoms with Gasteiger partial charge < -0.3 is 13.6 Å². The lowest BCUT2D eigenvalue weighted by Crippen LogP contribution is -2.34. The highest BCUT2D eigenvalue weighted by Crippen LogP contribution is 2.44. The molecule has 1 aliphatic heterocycles. The predicted octanol–water partition coefficient (Wildman–Crippen LogP) is 5.08. The summed E-state index contributed by atoms with van der Waals surface area (Å²) in [5, 5.41) is 9.03. The molecule has 2 unspecified atom stereocenters. The Balaban J connectivity index is 1.30. The summed E-state index contributed by atoms with van der Waals surface area (Å²) in [5.74, 6) is 1.69. The SMILES string of the molecule is O=C(COc1ncnc2sccc12)N1N=C2C(=Cc3ccco3)CCCC2C1c1ccco1. The number of thiophene rings is 1. The van der Waals surface area contributed by atoms with Crippen LogP contribution in [0.2, 0.25) is 0 Å². The third-order valence-corrected chi connectivity index (χ3v) is 6.83. The average Bonchev–Trinajstić information content (AvgIpc) is 3.63. The van der Waals surface area contributed by atoms with E-state index in [0.717, 1.165) is 46.5 Å². The van der Waals surface area contributed by atoms with Gasteiger partial charge in [-0.05, 0) is 66.6 Å². The summed E-state index contributed by atoms with van der Waals surface area (Å²) >= 11 is 1.50. The van der Waals surface area contributed by atoms with E-state index < -0.39 is 0 Å². The maximum atomic E-state index is 13.3. The number of hydrogen-bond donors (Lipinski definition) is 0. The molecule has 0 radical (unpaired) electrons. The number of hydrazone groups is 1. The van der Waals surface area contributed by atoms with Crippen LogP contribution < -0.4 is 4.74 Å². The van der Waals surface area contributed by atoms with Crippen LogP contribution in [0.15, 0.2) is 74.1 Å². The largest absolute Gasteiger partial charge is 0.467 e. The van der Waals surface area contributed by atoms with E-state index in [4.69, 9.17) is 18.7 Å². The summed E-state index contributed by atoms with van der Waals surface area (Å²) in [6.07, 6.45) is 9.55. The quantitative estimate of drug-likeness (QED) is 0.412. The molecule has 1 amide bonds. The first-order chi connectivity index (χ1) is 16.3. The summed E-state index contributed by atoms with van der Waals surface area (Å²) in [5.41, 5.74) is 2.00. The van der Waals surface area contributed by atoms with Crippen molar-refractivity contribution in [3.63, 3.8) is 0 Å². The van der Waals surface area contributed by atoms with E-state index in [9.17, 15) is 4.79 Å². The topological polar surface area (TPSA) is 94.0 Å². The molecule has 2 aliphatic rings. The highest BCUT2D eigenvalue weighted by molar-refractivity contribution is 7.16. The van der Waals surface area contributed by atoms with Crippen LogP contribution in [0.5, 0.6) is 5.88 Å². The number of aromatic nitrogens is 2. The lowest BCUT2D eigenvalue weighted by molar-refractivity contribution is -0.136. The van der Waals surface area contributed by atoms with Gasteiger partial charge in [-0.3, -0.25) is 4.79 Å². The molecule has 5 heterocycles. The monoisotopic (exact) mass is 460 g/mol. The van der Waals surface area contributed by atoms with Gasteiger partial charge in [0.2, 0.25) is 5.88 Å². The number of carbonyl (C=O) groups is 1. The first kappa shape index (κ1) is 19.9. The van der Waals surface area contributed by atoms with E-state index in [1.165, 1.54) is 22.7 Å². The molecule has 9 heteroatoms. The van der Waals surface area contributed by atoms with E-state index in [1.807, 2.05) is 41.8 Å². The van der Waals surface area contributed by atoms with Gasteiger partial charge in [0.15, 0.2) is 6.61 Å². The number of allylic oxidation sites excluding steroid dienone is 1. The lowest BCUT2D eigenvalue weighted by Gasteiger charge is -2.27. The van der Waals surface area contributed by atoms with Gasteiger partial charge in [0.1, 0.15) is 28.7 Å².